The standard InChI is InChI=1S/C17H19N3O3S/c1-12-4-2-3-5-13(12)14-10-16(19-11-15(14)17(18)21)20-6-8-24(22,23)9-7-20/h2-5,10-11H,6-9H2,1H3,(H2,18,21). The number of pyridine rings is 1. The molecule has 7 heteroatoms. The average molecular weight is 345 g/mol. The third kappa shape index (κ3) is 3.26. The van der Waals surface area contributed by atoms with Crippen molar-refractivity contribution >= 4 is 21.6 Å². The summed E-state index contributed by atoms with van der Waals surface area (Å²) in [5.74, 6) is 0.361. The molecule has 24 heavy (non-hydrogen) atoms. The summed E-state index contributed by atoms with van der Waals surface area (Å²) in [6, 6.07) is 9.55. The van der Waals surface area contributed by atoms with E-state index in [0.717, 1.165) is 16.7 Å². The maximum Gasteiger partial charge on any atom is 0.250 e. The molecule has 0 atom stereocenters. The van der Waals surface area contributed by atoms with E-state index in [9.17, 15) is 13.2 Å². The van der Waals surface area contributed by atoms with E-state index < -0.39 is 15.7 Å². The van der Waals surface area contributed by atoms with Crippen molar-refractivity contribution in [2.75, 3.05) is 29.5 Å². The fourth-order valence-corrected chi connectivity index (χ4v) is 4.05. The van der Waals surface area contributed by atoms with E-state index in [2.05, 4.69) is 4.98 Å². The molecule has 1 aromatic carbocycles. The smallest absolute Gasteiger partial charge is 0.250 e. The maximum atomic E-state index is 11.8. The first-order chi connectivity index (χ1) is 11.4. The summed E-state index contributed by atoms with van der Waals surface area (Å²) in [4.78, 5) is 18.0. The summed E-state index contributed by atoms with van der Waals surface area (Å²) in [6.07, 6.45) is 1.47. The molecule has 0 aliphatic carbocycles. The van der Waals surface area contributed by atoms with Gasteiger partial charge in [0.25, 0.3) is 5.91 Å². The SMILES string of the molecule is Cc1ccccc1-c1cc(N2CCS(=O)(=O)CC2)ncc1C(N)=O. The molecule has 1 fully saturated rings. The van der Waals surface area contributed by atoms with E-state index in [4.69, 9.17) is 5.73 Å². The maximum absolute atomic E-state index is 11.8. The number of rotatable bonds is 3. The van der Waals surface area contributed by atoms with Gasteiger partial charge in [0.1, 0.15) is 5.82 Å². The molecule has 3 rings (SSSR count). The van der Waals surface area contributed by atoms with Crippen molar-refractivity contribution in [2.45, 2.75) is 6.92 Å². The Hall–Kier alpha value is -2.41. The molecule has 0 bridgehead atoms. The Morgan fingerprint density at radius 1 is 1.17 bits per heavy atom. The predicted molar refractivity (Wildman–Crippen MR) is 93.8 cm³/mol. The number of anilines is 1. The number of aromatic nitrogens is 1. The number of benzene rings is 1. The van der Waals surface area contributed by atoms with Gasteiger partial charge in [0, 0.05) is 19.3 Å². The van der Waals surface area contributed by atoms with Gasteiger partial charge in [0.05, 0.1) is 17.1 Å². The van der Waals surface area contributed by atoms with Crippen molar-refractivity contribution in [3.8, 4) is 11.1 Å². The Morgan fingerprint density at radius 3 is 2.46 bits per heavy atom. The largest absolute Gasteiger partial charge is 0.366 e. The molecule has 0 spiro atoms. The van der Waals surface area contributed by atoms with Crippen molar-refractivity contribution in [3.05, 3.63) is 47.7 Å². The van der Waals surface area contributed by atoms with Crippen LogP contribution in [0.3, 0.4) is 0 Å². The van der Waals surface area contributed by atoms with Crippen LogP contribution in [0.25, 0.3) is 11.1 Å². The number of carbonyl (C=O) groups excluding carboxylic acids is 1. The van der Waals surface area contributed by atoms with Crippen molar-refractivity contribution in [1.29, 1.82) is 0 Å². The van der Waals surface area contributed by atoms with Gasteiger partial charge < -0.3 is 10.6 Å². The summed E-state index contributed by atoms with van der Waals surface area (Å²) in [5.41, 5.74) is 8.52. The molecule has 0 saturated carbocycles. The number of nitrogens with zero attached hydrogens (tertiary/aromatic N) is 2. The van der Waals surface area contributed by atoms with Gasteiger partial charge >= 0.3 is 0 Å². The highest BCUT2D eigenvalue weighted by Gasteiger charge is 2.23. The minimum absolute atomic E-state index is 0.117. The number of sulfone groups is 1. The van der Waals surface area contributed by atoms with Crippen molar-refractivity contribution in [2.24, 2.45) is 5.73 Å². The van der Waals surface area contributed by atoms with Crippen LogP contribution in [-0.4, -0.2) is 43.9 Å². The number of aryl methyl sites for hydroxylation is 1. The molecule has 2 heterocycles. The highest BCUT2D eigenvalue weighted by molar-refractivity contribution is 7.91. The normalized spacial score (nSPS) is 16.8. The molecular formula is C17H19N3O3S. The lowest BCUT2D eigenvalue weighted by molar-refractivity contribution is 0.100. The van der Waals surface area contributed by atoms with E-state index >= 15 is 0 Å². The van der Waals surface area contributed by atoms with Crippen molar-refractivity contribution < 1.29 is 13.2 Å². The number of hydrogen-bond acceptors (Lipinski definition) is 5. The van der Waals surface area contributed by atoms with Gasteiger partial charge in [-0.25, -0.2) is 13.4 Å². The monoisotopic (exact) mass is 345 g/mol. The van der Waals surface area contributed by atoms with Crippen molar-refractivity contribution in [3.63, 3.8) is 0 Å². The zero-order valence-corrected chi connectivity index (χ0v) is 14.2. The van der Waals surface area contributed by atoms with Gasteiger partial charge in [-0.2, -0.15) is 0 Å². The van der Waals surface area contributed by atoms with Crippen LogP contribution >= 0.6 is 0 Å². The minimum atomic E-state index is -2.96. The van der Waals surface area contributed by atoms with E-state index in [1.54, 1.807) is 0 Å². The van der Waals surface area contributed by atoms with E-state index in [1.807, 2.05) is 42.2 Å². The quantitative estimate of drug-likeness (QED) is 0.907. The minimum Gasteiger partial charge on any atom is -0.366 e. The van der Waals surface area contributed by atoms with Crippen LogP contribution in [0.1, 0.15) is 15.9 Å². The molecule has 0 unspecified atom stereocenters. The molecule has 1 aliphatic rings. The van der Waals surface area contributed by atoms with E-state index in [0.29, 0.717) is 24.5 Å². The lowest BCUT2D eigenvalue weighted by Gasteiger charge is -2.28. The molecule has 0 radical (unpaired) electrons. The van der Waals surface area contributed by atoms with Crippen LogP contribution < -0.4 is 10.6 Å². The molecule has 2 N–H and O–H groups in total. The Morgan fingerprint density at radius 2 is 1.83 bits per heavy atom. The second-order valence-corrected chi connectivity index (χ2v) is 8.21. The van der Waals surface area contributed by atoms with Crippen LogP contribution in [0.2, 0.25) is 0 Å². The first-order valence-electron chi connectivity index (χ1n) is 7.68. The third-order valence-corrected chi connectivity index (χ3v) is 5.87. The highest BCUT2D eigenvalue weighted by Crippen LogP contribution is 2.29. The fourth-order valence-electron chi connectivity index (χ4n) is 2.85. The summed E-state index contributed by atoms with van der Waals surface area (Å²) in [5, 5.41) is 0. The lowest BCUT2D eigenvalue weighted by Crippen LogP contribution is -2.40. The number of amides is 1. The van der Waals surface area contributed by atoms with Gasteiger partial charge in [-0.3, -0.25) is 4.79 Å². The number of nitrogens with two attached hydrogens (primary N) is 1. The van der Waals surface area contributed by atoms with Crippen LogP contribution in [0.15, 0.2) is 36.5 Å². The number of carbonyl (C=O) groups is 1. The summed E-state index contributed by atoms with van der Waals surface area (Å²) in [7, 11) is -2.96. The number of hydrogen-bond donors (Lipinski definition) is 1. The molecule has 1 saturated heterocycles. The van der Waals surface area contributed by atoms with Gasteiger partial charge in [-0.1, -0.05) is 24.3 Å². The molecule has 1 aliphatic heterocycles. The van der Waals surface area contributed by atoms with E-state index in [-0.39, 0.29) is 11.5 Å². The zero-order valence-electron chi connectivity index (χ0n) is 13.4. The second kappa shape index (κ2) is 6.24. The molecule has 2 aromatic rings. The van der Waals surface area contributed by atoms with Crippen LogP contribution in [0.5, 0.6) is 0 Å². The Labute approximate surface area is 141 Å². The van der Waals surface area contributed by atoms with Gasteiger partial charge in [-0.05, 0) is 29.7 Å². The Bertz CT molecular complexity index is 880. The van der Waals surface area contributed by atoms with Crippen molar-refractivity contribution in [1.82, 2.24) is 4.98 Å². The first-order valence-corrected chi connectivity index (χ1v) is 9.51. The average Bonchev–Trinajstić information content (AvgIpc) is 2.54. The first kappa shape index (κ1) is 16.4. The van der Waals surface area contributed by atoms with E-state index in [1.165, 1.54) is 6.20 Å². The molecule has 6 nitrogen and oxygen atoms in total. The molecule has 1 amide bonds. The Balaban J connectivity index is 2.04. The van der Waals surface area contributed by atoms with Crippen LogP contribution in [0, 0.1) is 6.92 Å². The van der Waals surface area contributed by atoms with Gasteiger partial charge in [0.15, 0.2) is 9.84 Å². The molecular weight excluding hydrogens is 326 g/mol. The Kier molecular flexibility index (Phi) is 4.28. The van der Waals surface area contributed by atoms with Gasteiger partial charge in [0.2, 0.25) is 0 Å². The topological polar surface area (TPSA) is 93.4 Å². The lowest BCUT2D eigenvalue weighted by atomic mass is 9.97. The molecule has 1 aromatic heterocycles. The molecule has 126 valence electrons. The number of primary amides is 1. The predicted octanol–water partition coefficient (Wildman–Crippen LogP) is 1.39. The van der Waals surface area contributed by atoms with Crippen LogP contribution in [-0.2, 0) is 9.84 Å². The zero-order chi connectivity index (χ0) is 17.3. The summed E-state index contributed by atoms with van der Waals surface area (Å²) in [6.45, 7) is 2.77. The fraction of sp³-hybridized carbons (Fsp3) is 0.294. The third-order valence-electron chi connectivity index (χ3n) is 4.26. The highest BCUT2D eigenvalue weighted by atomic mass is 32.2. The summed E-state index contributed by atoms with van der Waals surface area (Å²) >= 11 is 0. The second-order valence-electron chi connectivity index (χ2n) is 5.91. The summed E-state index contributed by atoms with van der Waals surface area (Å²) < 4.78 is 23.2. The van der Waals surface area contributed by atoms with Crippen LogP contribution in [0.4, 0.5) is 5.82 Å². The van der Waals surface area contributed by atoms with Gasteiger partial charge in [-0.15, -0.1) is 0 Å².